The summed E-state index contributed by atoms with van der Waals surface area (Å²) < 4.78 is 11.5. The third kappa shape index (κ3) is 4.17. The van der Waals surface area contributed by atoms with E-state index in [2.05, 4.69) is 19.2 Å². The van der Waals surface area contributed by atoms with Crippen molar-refractivity contribution in [3.05, 3.63) is 23.7 Å². The fraction of sp³-hybridized carbons (Fsp3) is 0.714. The predicted octanol–water partition coefficient (Wildman–Crippen LogP) is 3.24. The lowest BCUT2D eigenvalue weighted by Gasteiger charge is -2.09. The molecule has 0 spiro atoms. The van der Waals surface area contributed by atoms with Gasteiger partial charge in [0.15, 0.2) is 0 Å². The van der Waals surface area contributed by atoms with Gasteiger partial charge in [-0.2, -0.15) is 0 Å². The minimum Gasteiger partial charge on any atom is -0.462 e. The average Bonchev–Trinajstić information content (AvgIpc) is 2.95. The molecule has 1 N–H and O–H groups in total. The van der Waals surface area contributed by atoms with Crippen LogP contribution < -0.4 is 5.32 Å². The fourth-order valence-corrected chi connectivity index (χ4v) is 2.15. The molecule has 0 aromatic carbocycles. The zero-order chi connectivity index (χ0) is 12.1. The maximum Gasteiger partial charge on any atom is 0.129 e. The molecule has 1 saturated carbocycles. The van der Waals surface area contributed by atoms with Gasteiger partial charge in [0.2, 0.25) is 0 Å². The molecule has 0 radical (unpaired) electrons. The van der Waals surface area contributed by atoms with Gasteiger partial charge >= 0.3 is 0 Å². The Balaban J connectivity index is 1.73. The van der Waals surface area contributed by atoms with Gasteiger partial charge in [-0.1, -0.05) is 26.7 Å². The summed E-state index contributed by atoms with van der Waals surface area (Å²) in [6.07, 6.45) is 5.50. The summed E-state index contributed by atoms with van der Waals surface area (Å²) in [6, 6.07) is 4.54. The molecule has 1 aliphatic carbocycles. The van der Waals surface area contributed by atoms with Crippen LogP contribution in [-0.4, -0.2) is 12.1 Å². The maximum absolute atomic E-state index is 5.81. The van der Waals surface area contributed by atoms with Crippen molar-refractivity contribution in [3.8, 4) is 0 Å². The Bertz CT molecular complexity index is 327. The SMILES string of the molecule is CC(C)NCc1ccc(COC2CCCC2)o1. The van der Waals surface area contributed by atoms with Gasteiger partial charge in [0.25, 0.3) is 0 Å². The summed E-state index contributed by atoms with van der Waals surface area (Å²) in [5.74, 6) is 1.93. The molecule has 1 heterocycles. The highest BCUT2D eigenvalue weighted by Gasteiger charge is 2.15. The lowest BCUT2D eigenvalue weighted by molar-refractivity contribution is 0.0352. The molecule has 0 amide bonds. The quantitative estimate of drug-likeness (QED) is 0.824. The smallest absolute Gasteiger partial charge is 0.129 e. The summed E-state index contributed by atoms with van der Waals surface area (Å²) >= 11 is 0. The van der Waals surface area contributed by atoms with E-state index >= 15 is 0 Å². The summed E-state index contributed by atoms with van der Waals surface area (Å²) in [7, 11) is 0. The average molecular weight is 237 g/mol. The van der Waals surface area contributed by atoms with Crippen molar-refractivity contribution in [2.45, 2.75) is 64.8 Å². The summed E-state index contributed by atoms with van der Waals surface area (Å²) in [4.78, 5) is 0. The van der Waals surface area contributed by atoms with Crippen molar-refractivity contribution < 1.29 is 9.15 Å². The van der Waals surface area contributed by atoms with Crippen LogP contribution in [0.4, 0.5) is 0 Å². The number of nitrogens with one attached hydrogen (secondary N) is 1. The highest BCUT2D eigenvalue weighted by molar-refractivity contribution is 5.06. The lowest BCUT2D eigenvalue weighted by Crippen LogP contribution is -2.21. The Morgan fingerprint density at radius 2 is 2.00 bits per heavy atom. The summed E-state index contributed by atoms with van der Waals surface area (Å²) in [6.45, 7) is 5.67. The number of rotatable bonds is 6. The molecular formula is C14H23NO2. The van der Waals surface area contributed by atoms with E-state index in [4.69, 9.17) is 9.15 Å². The van der Waals surface area contributed by atoms with Crippen LogP contribution in [0.3, 0.4) is 0 Å². The van der Waals surface area contributed by atoms with E-state index in [0.29, 0.717) is 18.8 Å². The molecule has 0 bridgehead atoms. The Morgan fingerprint density at radius 3 is 2.71 bits per heavy atom. The van der Waals surface area contributed by atoms with Crippen LogP contribution in [0.25, 0.3) is 0 Å². The molecule has 96 valence electrons. The van der Waals surface area contributed by atoms with Crippen molar-refractivity contribution in [1.82, 2.24) is 5.32 Å². The van der Waals surface area contributed by atoms with E-state index in [1.54, 1.807) is 0 Å². The number of hydrogen-bond acceptors (Lipinski definition) is 3. The van der Waals surface area contributed by atoms with Crippen molar-refractivity contribution in [2.75, 3.05) is 0 Å². The molecule has 0 saturated heterocycles. The number of ether oxygens (including phenoxy) is 1. The second-order valence-corrected chi connectivity index (χ2v) is 5.12. The fourth-order valence-electron chi connectivity index (χ4n) is 2.15. The molecule has 1 fully saturated rings. The zero-order valence-corrected chi connectivity index (χ0v) is 10.9. The molecule has 2 rings (SSSR count). The molecular weight excluding hydrogens is 214 g/mol. The second kappa shape index (κ2) is 6.22. The normalized spacial score (nSPS) is 17.1. The minimum absolute atomic E-state index is 0.456. The Kier molecular flexibility index (Phi) is 4.63. The first kappa shape index (κ1) is 12.7. The van der Waals surface area contributed by atoms with Crippen LogP contribution in [0.5, 0.6) is 0 Å². The Labute approximate surface area is 104 Å². The van der Waals surface area contributed by atoms with Crippen LogP contribution in [0.1, 0.15) is 51.1 Å². The predicted molar refractivity (Wildman–Crippen MR) is 67.7 cm³/mol. The van der Waals surface area contributed by atoms with Gasteiger partial charge in [0.05, 0.1) is 12.6 Å². The third-order valence-corrected chi connectivity index (χ3v) is 3.17. The Hall–Kier alpha value is -0.800. The van der Waals surface area contributed by atoms with E-state index < -0.39 is 0 Å². The van der Waals surface area contributed by atoms with Crippen LogP contribution in [-0.2, 0) is 17.9 Å². The molecule has 3 nitrogen and oxygen atoms in total. The number of furan rings is 1. The van der Waals surface area contributed by atoms with Crippen molar-refractivity contribution in [1.29, 1.82) is 0 Å². The largest absolute Gasteiger partial charge is 0.462 e. The first-order chi connectivity index (χ1) is 8.24. The van der Waals surface area contributed by atoms with Gasteiger partial charge < -0.3 is 14.5 Å². The molecule has 17 heavy (non-hydrogen) atoms. The maximum atomic E-state index is 5.81. The van der Waals surface area contributed by atoms with Crippen LogP contribution >= 0.6 is 0 Å². The van der Waals surface area contributed by atoms with Crippen molar-refractivity contribution >= 4 is 0 Å². The lowest BCUT2D eigenvalue weighted by atomic mass is 10.3. The van der Waals surface area contributed by atoms with E-state index in [9.17, 15) is 0 Å². The topological polar surface area (TPSA) is 34.4 Å². The molecule has 3 heteroatoms. The van der Waals surface area contributed by atoms with E-state index in [1.165, 1.54) is 25.7 Å². The van der Waals surface area contributed by atoms with Crippen molar-refractivity contribution in [2.24, 2.45) is 0 Å². The van der Waals surface area contributed by atoms with E-state index in [-0.39, 0.29) is 0 Å². The molecule has 0 atom stereocenters. The van der Waals surface area contributed by atoms with Crippen molar-refractivity contribution in [3.63, 3.8) is 0 Å². The van der Waals surface area contributed by atoms with Gasteiger partial charge in [-0.25, -0.2) is 0 Å². The highest BCUT2D eigenvalue weighted by Crippen LogP contribution is 2.22. The van der Waals surface area contributed by atoms with E-state index in [0.717, 1.165) is 18.1 Å². The van der Waals surface area contributed by atoms with Gasteiger partial charge in [0, 0.05) is 6.04 Å². The second-order valence-electron chi connectivity index (χ2n) is 5.12. The standard InChI is InChI=1S/C14H23NO2/c1-11(2)15-9-13-7-8-14(17-13)10-16-12-5-3-4-6-12/h7-8,11-12,15H,3-6,9-10H2,1-2H3. The van der Waals surface area contributed by atoms with Gasteiger partial charge in [-0.05, 0) is 25.0 Å². The van der Waals surface area contributed by atoms with Gasteiger partial charge in [-0.3, -0.25) is 0 Å². The number of hydrogen-bond donors (Lipinski definition) is 1. The highest BCUT2D eigenvalue weighted by atomic mass is 16.5. The molecule has 1 aromatic heterocycles. The van der Waals surface area contributed by atoms with Gasteiger partial charge in [0.1, 0.15) is 18.1 Å². The van der Waals surface area contributed by atoms with E-state index in [1.807, 2.05) is 12.1 Å². The zero-order valence-electron chi connectivity index (χ0n) is 10.9. The van der Waals surface area contributed by atoms with Crippen LogP contribution in [0.15, 0.2) is 16.5 Å². The third-order valence-electron chi connectivity index (χ3n) is 3.17. The Morgan fingerprint density at radius 1 is 1.29 bits per heavy atom. The summed E-state index contributed by atoms with van der Waals surface area (Å²) in [5.41, 5.74) is 0. The molecule has 1 aromatic rings. The van der Waals surface area contributed by atoms with Gasteiger partial charge in [-0.15, -0.1) is 0 Å². The van der Waals surface area contributed by atoms with Crippen LogP contribution in [0, 0.1) is 0 Å². The molecule has 1 aliphatic rings. The minimum atomic E-state index is 0.456. The first-order valence-electron chi connectivity index (χ1n) is 6.66. The molecule has 0 aliphatic heterocycles. The summed E-state index contributed by atoms with van der Waals surface area (Å²) in [5, 5.41) is 3.34. The monoisotopic (exact) mass is 237 g/mol. The first-order valence-corrected chi connectivity index (χ1v) is 6.66. The molecule has 0 unspecified atom stereocenters. The van der Waals surface area contributed by atoms with Crippen LogP contribution in [0.2, 0.25) is 0 Å².